The number of aromatic nitrogens is 3. The van der Waals surface area contributed by atoms with Crippen LogP contribution < -0.4 is 10.6 Å². The fourth-order valence-electron chi connectivity index (χ4n) is 2.45. The topological polar surface area (TPSA) is 88.9 Å². The molecule has 2 amide bonds. The Hall–Kier alpha value is -3.48. The molecule has 0 saturated carbocycles. The van der Waals surface area contributed by atoms with E-state index in [-0.39, 0.29) is 11.8 Å². The lowest BCUT2D eigenvalue weighted by Crippen LogP contribution is -2.41. The average molecular weight is 349 g/mol. The van der Waals surface area contributed by atoms with Crippen molar-refractivity contribution < 1.29 is 9.59 Å². The number of rotatable bonds is 6. The predicted octanol–water partition coefficient (Wildman–Crippen LogP) is 2.08. The summed E-state index contributed by atoms with van der Waals surface area (Å²) in [7, 11) is 0. The number of benzene rings is 2. The zero-order valence-corrected chi connectivity index (χ0v) is 14.3. The molecule has 2 aromatic carbocycles. The highest BCUT2D eigenvalue weighted by Crippen LogP contribution is 2.16. The fraction of sp³-hybridized carbons (Fsp3) is 0.158. The number of carbonyl (C=O) groups is 2. The number of carbonyl (C=O) groups excluding carboxylic acids is 2. The number of hydrogen-bond donors (Lipinski definition) is 2. The summed E-state index contributed by atoms with van der Waals surface area (Å²) >= 11 is 0. The highest BCUT2D eigenvalue weighted by molar-refractivity contribution is 6.01. The van der Waals surface area contributed by atoms with Crippen LogP contribution in [0.2, 0.25) is 0 Å². The van der Waals surface area contributed by atoms with Crippen LogP contribution in [0.4, 0.5) is 5.69 Å². The minimum atomic E-state index is -0.679. The first-order chi connectivity index (χ1) is 12.6. The van der Waals surface area contributed by atoms with Gasteiger partial charge in [-0.05, 0) is 30.7 Å². The first kappa shape index (κ1) is 17.3. The summed E-state index contributed by atoms with van der Waals surface area (Å²) in [6.07, 6.45) is 3.07. The Balaban J connectivity index is 1.65. The number of para-hydroxylation sites is 1. The van der Waals surface area contributed by atoms with Crippen molar-refractivity contribution >= 4 is 17.5 Å². The van der Waals surface area contributed by atoms with Crippen molar-refractivity contribution in [1.82, 2.24) is 20.1 Å². The molecule has 1 atom stereocenters. The van der Waals surface area contributed by atoms with Crippen molar-refractivity contribution in [3.63, 3.8) is 0 Å². The molecule has 3 aromatic rings. The van der Waals surface area contributed by atoms with Gasteiger partial charge in [0.15, 0.2) is 0 Å². The molecule has 0 spiro atoms. The Labute approximate surface area is 151 Å². The quantitative estimate of drug-likeness (QED) is 0.713. The molecular formula is C19H19N5O2. The Morgan fingerprint density at radius 3 is 2.54 bits per heavy atom. The third-order valence-corrected chi connectivity index (χ3v) is 3.85. The lowest BCUT2D eigenvalue weighted by atomic mass is 10.1. The molecular weight excluding hydrogens is 330 g/mol. The van der Waals surface area contributed by atoms with Gasteiger partial charge >= 0.3 is 0 Å². The summed E-state index contributed by atoms with van der Waals surface area (Å²) in [6, 6.07) is 15.6. The van der Waals surface area contributed by atoms with Gasteiger partial charge in [-0.1, -0.05) is 36.4 Å². The smallest absolute Gasteiger partial charge is 0.251 e. The largest absolute Gasteiger partial charge is 0.341 e. The van der Waals surface area contributed by atoms with Crippen LogP contribution in [0.15, 0.2) is 67.3 Å². The molecule has 7 nitrogen and oxygen atoms in total. The van der Waals surface area contributed by atoms with Gasteiger partial charge in [-0.2, -0.15) is 5.10 Å². The summed E-state index contributed by atoms with van der Waals surface area (Å²) in [6.45, 7) is 2.14. The van der Waals surface area contributed by atoms with E-state index in [0.717, 1.165) is 5.56 Å². The normalized spacial score (nSPS) is 11.6. The molecule has 0 unspecified atom stereocenters. The van der Waals surface area contributed by atoms with Gasteiger partial charge in [0, 0.05) is 11.3 Å². The van der Waals surface area contributed by atoms with Crippen molar-refractivity contribution in [3.05, 3.63) is 78.4 Å². The van der Waals surface area contributed by atoms with Crippen LogP contribution in [0.25, 0.3) is 0 Å². The van der Waals surface area contributed by atoms with Crippen LogP contribution in [-0.2, 0) is 11.3 Å². The zero-order chi connectivity index (χ0) is 18.4. The second kappa shape index (κ2) is 8.06. The van der Waals surface area contributed by atoms with Gasteiger partial charge in [0.05, 0.1) is 6.54 Å². The van der Waals surface area contributed by atoms with Crippen molar-refractivity contribution in [2.24, 2.45) is 0 Å². The van der Waals surface area contributed by atoms with E-state index in [4.69, 9.17) is 0 Å². The Kier molecular flexibility index (Phi) is 5.38. The first-order valence-corrected chi connectivity index (χ1v) is 8.20. The van der Waals surface area contributed by atoms with Gasteiger partial charge in [-0.15, -0.1) is 0 Å². The van der Waals surface area contributed by atoms with Gasteiger partial charge in [-0.3, -0.25) is 9.59 Å². The standard InChI is InChI=1S/C19H19N5O2/c1-14(22-19(26)15-7-3-2-4-8-15)18(25)23-17-10-6-5-9-16(17)11-24-13-20-12-21-24/h2-10,12-14H,11H2,1H3,(H,22,26)(H,23,25)/t14-/m0/s1. The molecule has 0 saturated heterocycles. The van der Waals surface area contributed by atoms with E-state index in [0.29, 0.717) is 17.8 Å². The maximum absolute atomic E-state index is 12.5. The highest BCUT2D eigenvalue weighted by Gasteiger charge is 2.17. The molecule has 0 aliphatic heterocycles. The second-order valence-electron chi connectivity index (χ2n) is 5.80. The van der Waals surface area contributed by atoms with E-state index < -0.39 is 6.04 Å². The predicted molar refractivity (Wildman–Crippen MR) is 97.6 cm³/mol. The summed E-state index contributed by atoms with van der Waals surface area (Å²) < 4.78 is 1.67. The SMILES string of the molecule is C[C@H](NC(=O)c1ccccc1)C(=O)Nc1ccccc1Cn1cncn1. The maximum atomic E-state index is 12.5. The van der Waals surface area contributed by atoms with Crippen molar-refractivity contribution in [2.45, 2.75) is 19.5 Å². The third kappa shape index (κ3) is 4.32. The fourth-order valence-corrected chi connectivity index (χ4v) is 2.45. The number of amides is 2. The minimum absolute atomic E-state index is 0.288. The highest BCUT2D eigenvalue weighted by atomic mass is 16.2. The van der Waals surface area contributed by atoms with E-state index in [9.17, 15) is 9.59 Å². The molecule has 0 bridgehead atoms. The van der Waals surface area contributed by atoms with Gasteiger partial charge < -0.3 is 10.6 Å². The van der Waals surface area contributed by atoms with Gasteiger partial charge in [-0.25, -0.2) is 9.67 Å². The molecule has 1 heterocycles. The third-order valence-electron chi connectivity index (χ3n) is 3.85. The number of hydrogen-bond acceptors (Lipinski definition) is 4. The molecule has 1 aromatic heterocycles. The van der Waals surface area contributed by atoms with E-state index in [1.165, 1.54) is 6.33 Å². The lowest BCUT2D eigenvalue weighted by Gasteiger charge is -2.16. The summed E-state index contributed by atoms with van der Waals surface area (Å²) in [4.78, 5) is 28.6. The molecule has 0 aliphatic carbocycles. The molecule has 7 heteroatoms. The zero-order valence-electron chi connectivity index (χ0n) is 14.3. The number of nitrogens with one attached hydrogen (secondary N) is 2. The summed E-state index contributed by atoms with van der Waals surface area (Å²) in [5.74, 6) is -0.579. The van der Waals surface area contributed by atoms with Crippen LogP contribution >= 0.6 is 0 Å². The molecule has 2 N–H and O–H groups in total. The van der Waals surface area contributed by atoms with Crippen molar-refractivity contribution in [2.75, 3.05) is 5.32 Å². The van der Waals surface area contributed by atoms with Gasteiger partial charge in [0.2, 0.25) is 5.91 Å². The summed E-state index contributed by atoms with van der Waals surface area (Å²) in [5, 5.41) is 9.64. The Morgan fingerprint density at radius 2 is 1.81 bits per heavy atom. The molecule has 3 rings (SSSR count). The lowest BCUT2D eigenvalue weighted by molar-refractivity contribution is -0.117. The van der Waals surface area contributed by atoms with Crippen LogP contribution in [-0.4, -0.2) is 32.6 Å². The van der Waals surface area contributed by atoms with Crippen molar-refractivity contribution in [1.29, 1.82) is 0 Å². The summed E-state index contributed by atoms with van der Waals surface area (Å²) in [5.41, 5.74) is 2.08. The first-order valence-electron chi connectivity index (χ1n) is 8.20. The Bertz CT molecular complexity index is 878. The van der Waals surface area contributed by atoms with Crippen LogP contribution in [0.3, 0.4) is 0 Å². The number of nitrogens with zero attached hydrogens (tertiary/aromatic N) is 3. The van der Waals surface area contributed by atoms with E-state index >= 15 is 0 Å². The van der Waals surface area contributed by atoms with Crippen LogP contribution in [0.5, 0.6) is 0 Å². The molecule has 0 fully saturated rings. The Morgan fingerprint density at radius 1 is 1.08 bits per heavy atom. The minimum Gasteiger partial charge on any atom is -0.341 e. The van der Waals surface area contributed by atoms with Gasteiger partial charge in [0.1, 0.15) is 18.7 Å². The maximum Gasteiger partial charge on any atom is 0.251 e. The van der Waals surface area contributed by atoms with E-state index in [1.54, 1.807) is 42.2 Å². The van der Waals surface area contributed by atoms with Crippen molar-refractivity contribution in [3.8, 4) is 0 Å². The van der Waals surface area contributed by atoms with E-state index in [2.05, 4.69) is 20.7 Å². The molecule has 0 radical (unpaired) electrons. The van der Waals surface area contributed by atoms with Gasteiger partial charge in [0.25, 0.3) is 5.91 Å². The monoisotopic (exact) mass is 349 g/mol. The van der Waals surface area contributed by atoms with Crippen LogP contribution in [0, 0.1) is 0 Å². The molecule has 26 heavy (non-hydrogen) atoms. The van der Waals surface area contributed by atoms with E-state index in [1.807, 2.05) is 30.3 Å². The average Bonchev–Trinajstić information content (AvgIpc) is 3.17. The molecule has 0 aliphatic rings. The molecule has 132 valence electrons. The number of anilines is 1. The van der Waals surface area contributed by atoms with Crippen LogP contribution in [0.1, 0.15) is 22.8 Å². The second-order valence-corrected chi connectivity index (χ2v) is 5.80.